The van der Waals surface area contributed by atoms with Crippen LogP contribution in [0.5, 0.6) is 0 Å². The van der Waals surface area contributed by atoms with Gasteiger partial charge in [-0.25, -0.2) is 0 Å². The second-order valence-electron chi connectivity index (χ2n) is 3.60. The Hall–Kier alpha value is -0.0700. The minimum absolute atomic E-state index is 0.0190. The van der Waals surface area contributed by atoms with E-state index in [0.717, 1.165) is 6.42 Å². The molecule has 0 radical (unpaired) electrons. The molecule has 1 nitrogen and oxygen atoms in total. The number of hydrogen-bond acceptors (Lipinski definition) is 2. The smallest absolute Gasteiger partial charge is 0.305 e. The third kappa shape index (κ3) is 4.84. The highest BCUT2D eigenvalue weighted by Crippen LogP contribution is 2.26. The van der Waals surface area contributed by atoms with E-state index in [1.54, 1.807) is 23.3 Å². The normalized spacial score (nSPS) is 14.4. The number of likely N-dealkylation sites (N-methyl/N-ethyl adjacent to an activating group) is 1. The number of halogens is 4. The molecule has 0 amide bonds. The van der Waals surface area contributed by atoms with Gasteiger partial charge in [-0.3, -0.25) is 0 Å². The zero-order chi connectivity index (χ0) is 12.2. The highest BCUT2D eigenvalue weighted by Gasteiger charge is 2.37. The first-order valence-electron chi connectivity index (χ1n) is 4.81. The SMILES string of the molecule is CN(CCc1cccs1)CC(Br)C(F)(F)F. The quantitative estimate of drug-likeness (QED) is 0.751. The molecule has 1 unspecified atom stereocenters. The van der Waals surface area contributed by atoms with E-state index >= 15 is 0 Å². The van der Waals surface area contributed by atoms with E-state index < -0.39 is 11.0 Å². The first-order chi connectivity index (χ1) is 7.39. The third-order valence-electron chi connectivity index (χ3n) is 2.15. The van der Waals surface area contributed by atoms with E-state index in [-0.39, 0.29) is 6.54 Å². The number of thiophene rings is 1. The highest BCUT2D eigenvalue weighted by atomic mass is 79.9. The van der Waals surface area contributed by atoms with Crippen LogP contribution in [0.15, 0.2) is 17.5 Å². The summed E-state index contributed by atoms with van der Waals surface area (Å²) in [5.74, 6) is 0. The van der Waals surface area contributed by atoms with Crippen LogP contribution in [0.25, 0.3) is 0 Å². The maximum Gasteiger partial charge on any atom is 0.402 e. The minimum atomic E-state index is -4.17. The van der Waals surface area contributed by atoms with Gasteiger partial charge in [-0.2, -0.15) is 13.2 Å². The summed E-state index contributed by atoms with van der Waals surface area (Å²) in [5, 5.41) is 1.97. The van der Waals surface area contributed by atoms with Crippen molar-refractivity contribution in [2.45, 2.75) is 17.4 Å². The van der Waals surface area contributed by atoms with Crippen LogP contribution in [0, 0.1) is 0 Å². The Balaban J connectivity index is 2.28. The average molecular weight is 316 g/mol. The molecule has 16 heavy (non-hydrogen) atoms. The fourth-order valence-electron chi connectivity index (χ4n) is 1.22. The summed E-state index contributed by atoms with van der Waals surface area (Å²) in [6.45, 7) is 0.619. The summed E-state index contributed by atoms with van der Waals surface area (Å²) in [6.07, 6.45) is -3.37. The molecule has 0 aliphatic carbocycles. The van der Waals surface area contributed by atoms with Gasteiger partial charge >= 0.3 is 6.18 Å². The van der Waals surface area contributed by atoms with Gasteiger partial charge in [0, 0.05) is 18.0 Å². The zero-order valence-electron chi connectivity index (χ0n) is 8.80. The van der Waals surface area contributed by atoms with Crippen molar-refractivity contribution in [3.8, 4) is 0 Å². The largest absolute Gasteiger partial charge is 0.402 e. The summed E-state index contributed by atoms with van der Waals surface area (Å²) in [4.78, 5) is 1.44. The lowest BCUT2D eigenvalue weighted by Gasteiger charge is -2.21. The first kappa shape index (κ1) is 14.0. The van der Waals surface area contributed by atoms with Gasteiger partial charge in [0.25, 0.3) is 0 Å². The molecule has 0 spiro atoms. The van der Waals surface area contributed by atoms with Crippen molar-refractivity contribution in [1.29, 1.82) is 0 Å². The Morgan fingerprint density at radius 3 is 2.69 bits per heavy atom. The fourth-order valence-corrected chi connectivity index (χ4v) is 2.42. The maximum atomic E-state index is 12.3. The van der Waals surface area contributed by atoms with Crippen molar-refractivity contribution in [3.05, 3.63) is 22.4 Å². The van der Waals surface area contributed by atoms with Crippen molar-refractivity contribution in [3.63, 3.8) is 0 Å². The molecule has 0 fully saturated rings. The zero-order valence-corrected chi connectivity index (χ0v) is 11.2. The van der Waals surface area contributed by atoms with E-state index in [1.807, 2.05) is 17.5 Å². The van der Waals surface area contributed by atoms with Crippen molar-refractivity contribution < 1.29 is 13.2 Å². The van der Waals surface area contributed by atoms with Crippen LogP contribution in [0.4, 0.5) is 13.2 Å². The summed E-state index contributed by atoms with van der Waals surface area (Å²) >= 11 is 4.28. The molecule has 0 bridgehead atoms. The fraction of sp³-hybridized carbons (Fsp3) is 0.600. The van der Waals surface area contributed by atoms with Gasteiger partial charge in [-0.1, -0.05) is 22.0 Å². The molecule has 0 aliphatic rings. The lowest BCUT2D eigenvalue weighted by atomic mass is 10.3. The number of nitrogens with zero attached hydrogens (tertiary/aromatic N) is 1. The van der Waals surface area contributed by atoms with E-state index in [9.17, 15) is 13.2 Å². The monoisotopic (exact) mass is 315 g/mol. The Labute approximate surface area is 105 Å². The molecule has 0 saturated heterocycles. The first-order valence-corrected chi connectivity index (χ1v) is 6.61. The molecule has 1 rings (SSSR count). The molecule has 0 aromatic carbocycles. The predicted octanol–water partition coefficient (Wildman–Crippen LogP) is 3.55. The molecule has 6 heteroatoms. The standard InChI is InChI=1S/C10H13BrF3NS/c1-15(7-9(11)10(12,13)14)5-4-8-3-2-6-16-8/h2-3,6,9H,4-5,7H2,1H3. The van der Waals surface area contributed by atoms with Crippen LogP contribution in [0.3, 0.4) is 0 Å². The second-order valence-corrected chi connectivity index (χ2v) is 5.74. The van der Waals surface area contributed by atoms with E-state index in [0.29, 0.717) is 6.54 Å². The van der Waals surface area contributed by atoms with Gasteiger partial charge in [-0.15, -0.1) is 11.3 Å². The lowest BCUT2D eigenvalue weighted by molar-refractivity contribution is -0.129. The molecule has 1 aromatic rings. The topological polar surface area (TPSA) is 3.24 Å². The Bertz CT molecular complexity index is 300. The molecule has 1 heterocycles. The molecular weight excluding hydrogens is 303 g/mol. The van der Waals surface area contributed by atoms with E-state index in [2.05, 4.69) is 15.9 Å². The van der Waals surface area contributed by atoms with Crippen LogP contribution in [-0.2, 0) is 6.42 Å². The molecule has 1 aromatic heterocycles. The molecule has 92 valence electrons. The number of rotatable bonds is 5. The van der Waals surface area contributed by atoms with Crippen LogP contribution in [0.1, 0.15) is 4.88 Å². The van der Waals surface area contributed by atoms with Crippen molar-refractivity contribution >= 4 is 27.3 Å². The molecular formula is C10H13BrF3NS. The van der Waals surface area contributed by atoms with Gasteiger partial charge in [-0.05, 0) is 24.9 Å². The van der Waals surface area contributed by atoms with Crippen molar-refractivity contribution in [1.82, 2.24) is 4.90 Å². The van der Waals surface area contributed by atoms with Gasteiger partial charge in [0.15, 0.2) is 0 Å². The van der Waals surface area contributed by atoms with Crippen LogP contribution in [0.2, 0.25) is 0 Å². The maximum absolute atomic E-state index is 12.3. The summed E-state index contributed by atoms with van der Waals surface area (Å²) in [6, 6.07) is 3.94. The average Bonchev–Trinajstić information content (AvgIpc) is 2.65. The van der Waals surface area contributed by atoms with Crippen molar-refractivity contribution in [2.75, 3.05) is 20.1 Å². The lowest BCUT2D eigenvalue weighted by Crippen LogP contribution is -2.36. The van der Waals surface area contributed by atoms with E-state index in [4.69, 9.17) is 0 Å². The molecule has 1 atom stereocenters. The van der Waals surface area contributed by atoms with Gasteiger partial charge in [0.2, 0.25) is 0 Å². The van der Waals surface area contributed by atoms with Crippen molar-refractivity contribution in [2.24, 2.45) is 0 Å². The van der Waals surface area contributed by atoms with Gasteiger partial charge in [0.05, 0.1) is 0 Å². The molecule has 0 aliphatic heterocycles. The van der Waals surface area contributed by atoms with E-state index in [1.165, 1.54) is 4.88 Å². The van der Waals surface area contributed by atoms with Crippen LogP contribution in [-0.4, -0.2) is 36.0 Å². The Morgan fingerprint density at radius 2 is 2.19 bits per heavy atom. The minimum Gasteiger partial charge on any atom is -0.305 e. The summed E-state index contributed by atoms with van der Waals surface area (Å²) in [5.41, 5.74) is 0. The Kier molecular flexibility index (Phi) is 5.27. The summed E-state index contributed by atoms with van der Waals surface area (Å²) in [7, 11) is 1.70. The third-order valence-corrected chi connectivity index (χ3v) is 3.89. The van der Waals surface area contributed by atoms with Gasteiger partial charge < -0.3 is 4.90 Å². The molecule has 0 N–H and O–H groups in total. The highest BCUT2D eigenvalue weighted by molar-refractivity contribution is 9.09. The van der Waals surface area contributed by atoms with Crippen LogP contribution >= 0.6 is 27.3 Å². The predicted molar refractivity (Wildman–Crippen MR) is 64.3 cm³/mol. The summed E-state index contributed by atoms with van der Waals surface area (Å²) < 4.78 is 36.8. The van der Waals surface area contributed by atoms with Gasteiger partial charge in [0.1, 0.15) is 4.83 Å². The van der Waals surface area contributed by atoms with Crippen LogP contribution < -0.4 is 0 Å². The Morgan fingerprint density at radius 1 is 1.50 bits per heavy atom. The number of alkyl halides is 4. The second kappa shape index (κ2) is 6.02. The number of hydrogen-bond donors (Lipinski definition) is 0. The molecule has 0 saturated carbocycles.